The molecule has 0 fully saturated rings. The molecule has 0 N–H and O–H groups in total. The van der Waals surface area contributed by atoms with Crippen LogP contribution in [0.5, 0.6) is 0 Å². The molecule has 26 heavy (non-hydrogen) atoms. The van der Waals surface area contributed by atoms with Crippen LogP contribution in [-0.4, -0.2) is 22.6 Å². The Morgan fingerprint density at radius 2 is 1.92 bits per heavy atom. The van der Waals surface area contributed by atoms with Crippen LogP contribution in [0.25, 0.3) is 11.5 Å². The molecule has 0 bridgehead atoms. The van der Waals surface area contributed by atoms with Crippen molar-refractivity contribution in [3.05, 3.63) is 65.5 Å². The predicted octanol–water partition coefficient (Wildman–Crippen LogP) is 3.96. The number of hydrogen-bond donors (Lipinski definition) is 0. The van der Waals surface area contributed by atoms with Crippen molar-refractivity contribution in [2.45, 2.75) is 32.6 Å². The molecule has 1 aliphatic heterocycles. The third-order valence-corrected chi connectivity index (χ3v) is 4.73. The summed E-state index contributed by atoms with van der Waals surface area (Å²) in [5.74, 6) is 1.10. The van der Waals surface area contributed by atoms with E-state index in [2.05, 4.69) is 16.3 Å². The lowest BCUT2D eigenvalue weighted by atomic mass is 10.0. The van der Waals surface area contributed by atoms with Gasteiger partial charge in [0.2, 0.25) is 17.7 Å². The Morgan fingerprint density at radius 1 is 1.12 bits per heavy atom. The fraction of sp³-hybridized carbons (Fsp3) is 0.286. The number of fused-ring (bicyclic) bond motifs is 1. The summed E-state index contributed by atoms with van der Waals surface area (Å²) in [4.78, 5) is 14.6. The van der Waals surface area contributed by atoms with Gasteiger partial charge in [-0.1, -0.05) is 35.9 Å². The Kier molecular flexibility index (Phi) is 4.52. The quantitative estimate of drug-likeness (QED) is 0.717. The van der Waals surface area contributed by atoms with E-state index in [4.69, 9.17) is 4.42 Å². The van der Waals surface area contributed by atoms with Gasteiger partial charge in [0, 0.05) is 30.6 Å². The molecule has 2 aromatic carbocycles. The fourth-order valence-electron chi connectivity index (χ4n) is 3.31. The zero-order chi connectivity index (χ0) is 17.9. The normalized spacial score (nSPS) is 13.5. The van der Waals surface area contributed by atoms with Gasteiger partial charge in [0.15, 0.2) is 0 Å². The minimum absolute atomic E-state index is 0.104. The third-order valence-electron chi connectivity index (χ3n) is 4.73. The lowest BCUT2D eigenvalue weighted by Crippen LogP contribution is -2.35. The van der Waals surface area contributed by atoms with Crippen molar-refractivity contribution < 1.29 is 9.21 Å². The van der Waals surface area contributed by atoms with Crippen LogP contribution < -0.4 is 4.90 Å². The van der Waals surface area contributed by atoms with E-state index in [1.165, 1.54) is 11.1 Å². The van der Waals surface area contributed by atoms with E-state index < -0.39 is 0 Å². The molecule has 5 nitrogen and oxygen atoms in total. The fourth-order valence-corrected chi connectivity index (χ4v) is 3.31. The first-order chi connectivity index (χ1) is 12.7. The van der Waals surface area contributed by atoms with E-state index in [0.29, 0.717) is 24.6 Å². The van der Waals surface area contributed by atoms with Crippen LogP contribution in [0.3, 0.4) is 0 Å². The summed E-state index contributed by atoms with van der Waals surface area (Å²) in [6.07, 6.45) is 2.85. The second-order valence-corrected chi connectivity index (χ2v) is 6.64. The molecule has 2 heterocycles. The van der Waals surface area contributed by atoms with Crippen molar-refractivity contribution in [3.63, 3.8) is 0 Å². The SMILES string of the molecule is Cc1ccc(-c2nnc(CCC(=O)N3CCCc4ccccc43)o2)cc1. The van der Waals surface area contributed by atoms with Crippen molar-refractivity contribution >= 4 is 11.6 Å². The number of amides is 1. The standard InChI is InChI=1S/C21H21N3O2/c1-15-8-10-17(11-9-15)21-23-22-19(26-21)12-13-20(25)24-14-4-6-16-5-2-3-7-18(16)24/h2-3,5,7-11H,4,6,12-14H2,1H3. The topological polar surface area (TPSA) is 59.2 Å². The number of anilines is 1. The summed E-state index contributed by atoms with van der Waals surface area (Å²) < 4.78 is 5.72. The van der Waals surface area contributed by atoms with Crippen molar-refractivity contribution in [1.29, 1.82) is 0 Å². The molecule has 0 saturated heterocycles. The van der Waals surface area contributed by atoms with Crippen LogP contribution >= 0.6 is 0 Å². The molecule has 1 aliphatic rings. The van der Waals surface area contributed by atoms with Crippen molar-refractivity contribution in [2.75, 3.05) is 11.4 Å². The van der Waals surface area contributed by atoms with E-state index in [9.17, 15) is 4.79 Å². The first kappa shape index (κ1) is 16.5. The number of nitrogens with zero attached hydrogens (tertiary/aromatic N) is 3. The van der Waals surface area contributed by atoms with Crippen molar-refractivity contribution in [1.82, 2.24) is 10.2 Å². The molecule has 3 aromatic rings. The number of carbonyl (C=O) groups excluding carboxylic acids is 1. The average Bonchev–Trinajstić information content (AvgIpc) is 3.15. The lowest BCUT2D eigenvalue weighted by Gasteiger charge is -2.29. The van der Waals surface area contributed by atoms with E-state index in [1.807, 2.05) is 54.3 Å². The number of rotatable bonds is 4. The molecule has 5 heteroatoms. The van der Waals surface area contributed by atoms with Crippen LogP contribution in [-0.2, 0) is 17.6 Å². The Balaban J connectivity index is 1.42. The largest absolute Gasteiger partial charge is 0.421 e. The van der Waals surface area contributed by atoms with Crippen LogP contribution in [0, 0.1) is 6.92 Å². The first-order valence-corrected chi connectivity index (χ1v) is 8.98. The number of benzene rings is 2. The van der Waals surface area contributed by atoms with E-state index >= 15 is 0 Å². The van der Waals surface area contributed by atoms with Crippen LogP contribution in [0.4, 0.5) is 5.69 Å². The van der Waals surface area contributed by atoms with Gasteiger partial charge in [-0.25, -0.2) is 0 Å². The van der Waals surface area contributed by atoms with Gasteiger partial charge in [-0.2, -0.15) is 0 Å². The van der Waals surface area contributed by atoms with Gasteiger partial charge in [-0.15, -0.1) is 10.2 Å². The smallest absolute Gasteiger partial charge is 0.247 e. The maximum absolute atomic E-state index is 12.7. The van der Waals surface area contributed by atoms with E-state index in [0.717, 1.165) is 30.6 Å². The molecular weight excluding hydrogens is 326 g/mol. The highest BCUT2D eigenvalue weighted by Crippen LogP contribution is 2.27. The number of carbonyl (C=O) groups is 1. The van der Waals surface area contributed by atoms with E-state index in [-0.39, 0.29) is 5.91 Å². The van der Waals surface area contributed by atoms with Gasteiger partial charge in [0.25, 0.3) is 0 Å². The molecule has 0 spiro atoms. The van der Waals surface area contributed by atoms with Gasteiger partial charge < -0.3 is 9.32 Å². The summed E-state index contributed by atoms with van der Waals surface area (Å²) in [6, 6.07) is 16.1. The van der Waals surface area contributed by atoms with Gasteiger partial charge in [-0.05, 0) is 43.5 Å². The first-order valence-electron chi connectivity index (χ1n) is 8.98. The number of hydrogen-bond acceptors (Lipinski definition) is 4. The molecule has 0 aliphatic carbocycles. The van der Waals surface area contributed by atoms with Crippen LogP contribution in [0.1, 0.15) is 29.9 Å². The zero-order valence-electron chi connectivity index (χ0n) is 14.8. The molecule has 0 unspecified atom stereocenters. The number of aryl methyl sites for hydroxylation is 3. The molecule has 0 atom stereocenters. The molecule has 1 aromatic heterocycles. The molecule has 4 rings (SSSR count). The second-order valence-electron chi connectivity index (χ2n) is 6.64. The minimum Gasteiger partial charge on any atom is -0.421 e. The van der Waals surface area contributed by atoms with Crippen molar-refractivity contribution in [3.8, 4) is 11.5 Å². The summed E-state index contributed by atoms with van der Waals surface area (Å²) in [5, 5.41) is 8.19. The number of para-hydroxylation sites is 1. The predicted molar refractivity (Wildman–Crippen MR) is 99.9 cm³/mol. The van der Waals surface area contributed by atoms with Gasteiger partial charge >= 0.3 is 0 Å². The summed E-state index contributed by atoms with van der Waals surface area (Å²) in [6.45, 7) is 2.81. The zero-order valence-corrected chi connectivity index (χ0v) is 14.8. The highest BCUT2D eigenvalue weighted by atomic mass is 16.4. The number of aromatic nitrogens is 2. The maximum Gasteiger partial charge on any atom is 0.247 e. The minimum atomic E-state index is 0.104. The van der Waals surface area contributed by atoms with Crippen LogP contribution in [0.15, 0.2) is 52.9 Å². The Morgan fingerprint density at radius 3 is 2.77 bits per heavy atom. The maximum atomic E-state index is 12.7. The molecule has 0 radical (unpaired) electrons. The van der Waals surface area contributed by atoms with E-state index in [1.54, 1.807) is 0 Å². The average molecular weight is 347 g/mol. The molecular formula is C21H21N3O2. The molecule has 132 valence electrons. The highest BCUT2D eigenvalue weighted by Gasteiger charge is 2.22. The molecule has 0 saturated carbocycles. The monoisotopic (exact) mass is 347 g/mol. The summed E-state index contributed by atoms with van der Waals surface area (Å²) in [5.41, 5.74) is 4.35. The van der Waals surface area contributed by atoms with Gasteiger partial charge in [-0.3, -0.25) is 4.79 Å². The third kappa shape index (κ3) is 3.38. The van der Waals surface area contributed by atoms with Gasteiger partial charge in [0.1, 0.15) is 0 Å². The summed E-state index contributed by atoms with van der Waals surface area (Å²) in [7, 11) is 0. The highest BCUT2D eigenvalue weighted by molar-refractivity contribution is 5.94. The Labute approximate surface area is 152 Å². The second kappa shape index (κ2) is 7.12. The van der Waals surface area contributed by atoms with Gasteiger partial charge in [0.05, 0.1) is 0 Å². The lowest BCUT2D eigenvalue weighted by molar-refractivity contribution is -0.118. The van der Waals surface area contributed by atoms with Crippen molar-refractivity contribution in [2.24, 2.45) is 0 Å². The van der Waals surface area contributed by atoms with Crippen LogP contribution in [0.2, 0.25) is 0 Å². The summed E-state index contributed by atoms with van der Waals surface area (Å²) >= 11 is 0. The Hall–Kier alpha value is -2.95. The Bertz CT molecular complexity index is 915. The molecule has 1 amide bonds.